The fourth-order valence-electron chi connectivity index (χ4n) is 3.19. The molecule has 3 rings (SSSR count). The largest absolute Gasteiger partial charge is 0.497 e. The summed E-state index contributed by atoms with van der Waals surface area (Å²) in [7, 11) is 1.68. The van der Waals surface area contributed by atoms with Crippen molar-refractivity contribution in [2.45, 2.75) is 12.2 Å². The average Bonchev–Trinajstić information content (AvgIpc) is 2.94. The van der Waals surface area contributed by atoms with Gasteiger partial charge in [0.05, 0.1) is 12.9 Å². The van der Waals surface area contributed by atoms with Crippen LogP contribution in [0.25, 0.3) is 0 Å². The van der Waals surface area contributed by atoms with E-state index in [1.807, 2.05) is 41.3 Å². The van der Waals surface area contributed by atoms with Crippen molar-refractivity contribution in [3.63, 3.8) is 0 Å². The van der Waals surface area contributed by atoms with Crippen molar-refractivity contribution in [1.82, 2.24) is 4.90 Å². The highest BCUT2D eigenvalue weighted by molar-refractivity contribution is 7.99. The van der Waals surface area contributed by atoms with E-state index in [0.29, 0.717) is 5.75 Å². The van der Waals surface area contributed by atoms with Gasteiger partial charge in [0.2, 0.25) is 5.91 Å². The second-order valence-electron chi connectivity index (χ2n) is 6.54. The molecule has 0 atom stereocenters. The number of benzene rings is 2. The molecule has 1 amide bonds. The van der Waals surface area contributed by atoms with Gasteiger partial charge in [0.1, 0.15) is 5.75 Å². The van der Waals surface area contributed by atoms with Gasteiger partial charge in [0.25, 0.3) is 0 Å². The first kappa shape index (κ1) is 19.9. The molecule has 0 saturated carbocycles. The number of rotatable bonds is 6. The molecular weight excluding hydrogens is 380 g/mol. The van der Waals surface area contributed by atoms with Crippen LogP contribution in [0, 0.1) is 0 Å². The van der Waals surface area contributed by atoms with E-state index in [1.165, 1.54) is 5.69 Å². The van der Waals surface area contributed by atoms with Crippen molar-refractivity contribution in [1.29, 1.82) is 0 Å². The van der Waals surface area contributed by atoms with E-state index < -0.39 is 0 Å². The van der Waals surface area contributed by atoms with Gasteiger partial charge in [-0.2, -0.15) is 0 Å². The van der Waals surface area contributed by atoms with Gasteiger partial charge >= 0.3 is 0 Å². The van der Waals surface area contributed by atoms with Crippen molar-refractivity contribution in [2.75, 3.05) is 43.9 Å². The Morgan fingerprint density at radius 1 is 1.11 bits per heavy atom. The lowest BCUT2D eigenvalue weighted by Gasteiger charge is -2.24. The monoisotopic (exact) mass is 404 g/mol. The number of nitrogens with zero attached hydrogens (tertiary/aromatic N) is 2. The predicted octanol–water partition coefficient (Wildman–Crippen LogP) is 4.32. The van der Waals surface area contributed by atoms with Crippen LogP contribution in [0.4, 0.5) is 5.69 Å². The Balaban J connectivity index is 1.47. The van der Waals surface area contributed by atoms with E-state index in [4.69, 9.17) is 16.3 Å². The molecule has 27 heavy (non-hydrogen) atoms. The molecule has 2 aromatic rings. The normalized spacial score (nSPS) is 14.7. The number of thioether (sulfide) groups is 1. The number of ether oxygens (including phenoxy) is 1. The quantitative estimate of drug-likeness (QED) is 0.717. The minimum atomic E-state index is 0.221. The van der Waals surface area contributed by atoms with Crippen LogP contribution in [0.1, 0.15) is 12.0 Å². The predicted molar refractivity (Wildman–Crippen MR) is 114 cm³/mol. The zero-order chi connectivity index (χ0) is 19.1. The Bertz CT molecular complexity index is 754. The lowest BCUT2D eigenvalue weighted by molar-refractivity contribution is -0.128. The maximum Gasteiger partial charge on any atom is 0.232 e. The van der Waals surface area contributed by atoms with E-state index in [9.17, 15) is 4.79 Å². The summed E-state index contributed by atoms with van der Waals surface area (Å²) in [6.45, 7) is 3.41. The van der Waals surface area contributed by atoms with Crippen molar-refractivity contribution in [3.8, 4) is 5.75 Å². The van der Waals surface area contributed by atoms with Crippen molar-refractivity contribution in [3.05, 3.63) is 59.1 Å². The summed E-state index contributed by atoms with van der Waals surface area (Å²) in [6.07, 6.45) is 0.983. The minimum absolute atomic E-state index is 0.221. The third-order valence-electron chi connectivity index (χ3n) is 4.67. The van der Waals surface area contributed by atoms with Crippen LogP contribution in [0.2, 0.25) is 5.02 Å². The van der Waals surface area contributed by atoms with Crippen LogP contribution in [0.3, 0.4) is 0 Å². The fourth-order valence-corrected chi connectivity index (χ4v) is 4.28. The third-order valence-corrected chi connectivity index (χ3v) is 5.89. The molecule has 0 spiro atoms. The topological polar surface area (TPSA) is 32.8 Å². The molecule has 0 bridgehead atoms. The summed E-state index contributed by atoms with van der Waals surface area (Å²) in [6, 6.07) is 15.9. The van der Waals surface area contributed by atoms with Gasteiger partial charge < -0.3 is 14.5 Å². The van der Waals surface area contributed by atoms with Crippen LogP contribution >= 0.6 is 23.4 Å². The standard InChI is InChI=1S/C21H25ClN2O2S/c1-26-20-8-6-19(7-9-20)23-10-3-11-24(13-12-23)21(25)16-27-15-17-4-2-5-18(22)14-17/h2,4-9,14H,3,10-13,15-16H2,1H3. The SMILES string of the molecule is COc1ccc(N2CCCN(C(=O)CSCc3cccc(Cl)c3)CC2)cc1. The number of anilines is 1. The van der Waals surface area contributed by atoms with E-state index in [2.05, 4.69) is 17.0 Å². The summed E-state index contributed by atoms with van der Waals surface area (Å²) in [5, 5.41) is 0.741. The molecule has 1 aliphatic rings. The number of methoxy groups -OCH3 is 1. The van der Waals surface area contributed by atoms with E-state index in [-0.39, 0.29) is 5.91 Å². The Labute approximate surface area is 170 Å². The van der Waals surface area contributed by atoms with Gasteiger partial charge in [-0.25, -0.2) is 0 Å². The number of hydrogen-bond acceptors (Lipinski definition) is 4. The van der Waals surface area contributed by atoms with Crippen molar-refractivity contribution >= 4 is 35.0 Å². The lowest BCUT2D eigenvalue weighted by atomic mass is 10.2. The zero-order valence-corrected chi connectivity index (χ0v) is 17.1. The molecule has 1 aliphatic heterocycles. The van der Waals surface area contributed by atoms with Gasteiger partial charge in [0, 0.05) is 42.6 Å². The van der Waals surface area contributed by atoms with Gasteiger partial charge in [-0.15, -0.1) is 11.8 Å². The summed E-state index contributed by atoms with van der Waals surface area (Å²) in [5.74, 6) is 2.40. The molecule has 4 nitrogen and oxygen atoms in total. The summed E-state index contributed by atoms with van der Waals surface area (Å²) in [5.41, 5.74) is 2.34. The van der Waals surface area contributed by atoms with Gasteiger partial charge in [0.15, 0.2) is 0 Å². The number of hydrogen-bond donors (Lipinski definition) is 0. The number of amides is 1. The second kappa shape index (κ2) is 9.90. The molecule has 1 fully saturated rings. The fraction of sp³-hybridized carbons (Fsp3) is 0.381. The smallest absolute Gasteiger partial charge is 0.232 e. The first-order valence-electron chi connectivity index (χ1n) is 9.14. The molecule has 0 aliphatic carbocycles. The van der Waals surface area contributed by atoms with Crippen LogP contribution in [0.5, 0.6) is 5.75 Å². The van der Waals surface area contributed by atoms with Crippen LogP contribution in [-0.2, 0) is 10.5 Å². The Morgan fingerprint density at radius 3 is 2.67 bits per heavy atom. The highest BCUT2D eigenvalue weighted by Crippen LogP contribution is 2.21. The van der Waals surface area contributed by atoms with Gasteiger partial charge in [-0.1, -0.05) is 23.7 Å². The molecule has 0 N–H and O–H groups in total. The van der Waals surface area contributed by atoms with Crippen LogP contribution < -0.4 is 9.64 Å². The third kappa shape index (κ3) is 5.81. The minimum Gasteiger partial charge on any atom is -0.497 e. The molecule has 0 unspecified atom stereocenters. The molecule has 0 aromatic heterocycles. The molecule has 1 heterocycles. The second-order valence-corrected chi connectivity index (χ2v) is 7.96. The molecule has 2 aromatic carbocycles. The van der Waals surface area contributed by atoms with Crippen LogP contribution in [0.15, 0.2) is 48.5 Å². The maximum absolute atomic E-state index is 12.6. The molecule has 144 valence electrons. The van der Waals surface area contributed by atoms with Crippen LogP contribution in [-0.4, -0.2) is 49.8 Å². The Morgan fingerprint density at radius 2 is 1.93 bits per heavy atom. The first-order valence-corrected chi connectivity index (χ1v) is 10.7. The van der Waals surface area contributed by atoms with Gasteiger partial charge in [-0.3, -0.25) is 4.79 Å². The van der Waals surface area contributed by atoms with E-state index >= 15 is 0 Å². The Hall–Kier alpha value is -1.85. The van der Waals surface area contributed by atoms with E-state index in [0.717, 1.165) is 54.7 Å². The summed E-state index contributed by atoms with van der Waals surface area (Å²) < 4.78 is 5.22. The van der Waals surface area contributed by atoms with Crippen molar-refractivity contribution in [2.24, 2.45) is 0 Å². The number of carbonyl (C=O) groups is 1. The number of carbonyl (C=O) groups excluding carboxylic acids is 1. The van der Waals surface area contributed by atoms with Crippen molar-refractivity contribution < 1.29 is 9.53 Å². The Kier molecular flexibility index (Phi) is 7.30. The zero-order valence-electron chi connectivity index (χ0n) is 15.6. The molecule has 1 saturated heterocycles. The lowest BCUT2D eigenvalue weighted by Crippen LogP contribution is -2.36. The van der Waals surface area contributed by atoms with E-state index in [1.54, 1.807) is 18.9 Å². The highest BCUT2D eigenvalue weighted by atomic mass is 35.5. The number of halogens is 1. The summed E-state index contributed by atoms with van der Waals surface area (Å²) >= 11 is 7.66. The molecule has 0 radical (unpaired) electrons. The summed E-state index contributed by atoms with van der Waals surface area (Å²) in [4.78, 5) is 16.9. The first-order chi connectivity index (χ1) is 13.2. The highest BCUT2D eigenvalue weighted by Gasteiger charge is 2.19. The molecule has 6 heteroatoms. The maximum atomic E-state index is 12.6. The molecular formula is C21H25ClN2O2S. The van der Waals surface area contributed by atoms with Gasteiger partial charge in [-0.05, 0) is 48.4 Å². The average molecular weight is 405 g/mol.